The summed E-state index contributed by atoms with van der Waals surface area (Å²) in [6, 6.07) is 32.8. The fraction of sp³-hybridized carbons (Fsp3) is 0.0333. The molecule has 0 saturated heterocycles. The maximum absolute atomic E-state index is 12.5. The summed E-state index contributed by atoms with van der Waals surface area (Å²) in [5.41, 5.74) is 5.42. The SMILES string of the molecule is O=C(CSc1nnc(-c2ccccc2)n1-c1ccccc1)N/N=C\c1ccc(OC(=O)c2cccc(Cl)c2)cc1. The van der Waals surface area contributed by atoms with E-state index in [-0.39, 0.29) is 11.7 Å². The van der Waals surface area contributed by atoms with E-state index in [2.05, 4.69) is 20.7 Å². The summed E-state index contributed by atoms with van der Waals surface area (Å²) in [6.07, 6.45) is 1.51. The summed E-state index contributed by atoms with van der Waals surface area (Å²) >= 11 is 7.20. The van der Waals surface area contributed by atoms with E-state index in [0.29, 0.717) is 32.9 Å². The summed E-state index contributed by atoms with van der Waals surface area (Å²) in [6.45, 7) is 0. The molecule has 0 aliphatic rings. The minimum Gasteiger partial charge on any atom is -0.423 e. The summed E-state index contributed by atoms with van der Waals surface area (Å²) < 4.78 is 7.30. The van der Waals surface area contributed by atoms with Gasteiger partial charge in [-0.05, 0) is 60.2 Å². The number of thioether (sulfide) groups is 1. The van der Waals surface area contributed by atoms with Crippen molar-refractivity contribution < 1.29 is 14.3 Å². The smallest absolute Gasteiger partial charge is 0.343 e. The van der Waals surface area contributed by atoms with Crippen LogP contribution >= 0.6 is 23.4 Å². The average Bonchev–Trinajstić information content (AvgIpc) is 3.42. The van der Waals surface area contributed by atoms with Gasteiger partial charge in [-0.25, -0.2) is 10.2 Å². The molecule has 1 heterocycles. The maximum Gasteiger partial charge on any atom is 0.343 e. The number of aromatic nitrogens is 3. The Morgan fingerprint density at radius 1 is 0.900 bits per heavy atom. The minimum absolute atomic E-state index is 0.0927. The van der Waals surface area contributed by atoms with Gasteiger partial charge in [0.05, 0.1) is 17.5 Å². The molecule has 1 amide bonds. The molecule has 0 atom stereocenters. The van der Waals surface area contributed by atoms with Crippen LogP contribution in [0.3, 0.4) is 0 Å². The second-order valence-electron chi connectivity index (χ2n) is 8.39. The molecule has 0 bridgehead atoms. The van der Waals surface area contributed by atoms with Crippen molar-refractivity contribution in [3.63, 3.8) is 0 Å². The molecule has 0 aliphatic carbocycles. The number of rotatable bonds is 9. The highest BCUT2D eigenvalue weighted by Gasteiger charge is 2.17. The van der Waals surface area contributed by atoms with Gasteiger partial charge < -0.3 is 4.74 Å². The number of hydrazone groups is 1. The molecule has 8 nitrogen and oxygen atoms in total. The van der Waals surface area contributed by atoms with E-state index in [1.807, 2.05) is 65.2 Å². The highest BCUT2D eigenvalue weighted by atomic mass is 35.5. The summed E-state index contributed by atoms with van der Waals surface area (Å²) in [5, 5.41) is 13.8. The fourth-order valence-corrected chi connectivity index (χ4v) is 4.63. The monoisotopic (exact) mass is 567 g/mol. The number of nitrogens with zero attached hydrogens (tertiary/aromatic N) is 4. The number of para-hydroxylation sites is 1. The topological polar surface area (TPSA) is 98.5 Å². The molecule has 0 aliphatic heterocycles. The number of benzene rings is 4. The number of ether oxygens (including phenoxy) is 1. The molecule has 1 N–H and O–H groups in total. The Morgan fingerprint density at radius 3 is 2.35 bits per heavy atom. The van der Waals surface area contributed by atoms with E-state index in [1.54, 1.807) is 48.5 Å². The molecule has 0 spiro atoms. The molecule has 0 saturated carbocycles. The predicted molar refractivity (Wildman–Crippen MR) is 156 cm³/mol. The van der Waals surface area contributed by atoms with E-state index in [1.165, 1.54) is 18.0 Å². The lowest BCUT2D eigenvalue weighted by Crippen LogP contribution is -2.20. The van der Waals surface area contributed by atoms with Crippen LogP contribution < -0.4 is 10.2 Å². The Labute approximate surface area is 239 Å². The Balaban J connectivity index is 1.18. The van der Waals surface area contributed by atoms with Crippen LogP contribution in [0.2, 0.25) is 5.02 Å². The van der Waals surface area contributed by atoms with Crippen molar-refractivity contribution in [2.45, 2.75) is 5.16 Å². The molecule has 40 heavy (non-hydrogen) atoms. The van der Waals surface area contributed by atoms with Crippen molar-refractivity contribution in [1.82, 2.24) is 20.2 Å². The first-order chi connectivity index (χ1) is 19.6. The summed E-state index contributed by atoms with van der Waals surface area (Å²) in [4.78, 5) is 24.8. The number of hydrogen-bond donors (Lipinski definition) is 1. The van der Waals surface area contributed by atoms with Crippen LogP contribution in [0, 0.1) is 0 Å². The molecule has 0 fully saturated rings. The quantitative estimate of drug-likeness (QED) is 0.0765. The molecule has 1 aromatic heterocycles. The molecule has 5 rings (SSSR count). The minimum atomic E-state index is -0.507. The number of hydrogen-bond acceptors (Lipinski definition) is 7. The van der Waals surface area contributed by atoms with Gasteiger partial charge in [-0.1, -0.05) is 78.0 Å². The first-order valence-corrected chi connectivity index (χ1v) is 13.5. The normalized spacial score (nSPS) is 10.9. The van der Waals surface area contributed by atoms with Crippen LogP contribution in [0.15, 0.2) is 119 Å². The van der Waals surface area contributed by atoms with Gasteiger partial charge >= 0.3 is 5.97 Å². The van der Waals surface area contributed by atoms with Gasteiger partial charge in [-0.2, -0.15) is 5.10 Å². The van der Waals surface area contributed by atoms with E-state index >= 15 is 0 Å². The Hall–Kier alpha value is -4.73. The molecular weight excluding hydrogens is 546 g/mol. The van der Waals surface area contributed by atoms with E-state index < -0.39 is 5.97 Å². The molecular formula is C30H22ClN5O3S. The average molecular weight is 568 g/mol. The maximum atomic E-state index is 12.5. The third-order valence-corrected chi connectivity index (χ3v) is 6.73. The molecule has 198 valence electrons. The van der Waals surface area contributed by atoms with E-state index in [9.17, 15) is 9.59 Å². The van der Waals surface area contributed by atoms with Gasteiger partial charge in [0.25, 0.3) is 5.91 Å². The lowest BCUT2D eigenvalue weighted by molar-refractivity contribution is -0.118. The molecule has 5 aromatic rings. The fourth-order valence-electron chi connectivity index (χ4n) is 3.69. The zero-order valence-electron chi connectivity index (χ0n) is 21.0. The number of carbonyl (C=O) groups is 2. The van der Waals surface area contributed by atoms with Crippen molar-refractivity contribution in [1.29, 1.82) is 0 Å². The van der Waals surface area contributed by atoms with Crippen molar-refractivity contribution >= 4 is 41.5 Å². The zero-order chi connectivity index (χ0) is 27.7. The molecule has 0 unspecified atom stereocenters. The first kappa shape index (κ1) is 26.9. The van der Waals surface area contributed by atoms with Gasteiger partial charge in [-0.15, -0.1) is 10.2 Å². The Morgan fingerprint density at radius 2 is 1.62 bits per heavy atom. The number of carbonyl (C=O) groups excluding carboxylic acids is 2. The van der Waals surface area contributed by atoms with Gasteiger partial charge in [-0.3, -0.25) is 9.36 Å². The molecule has 0 radical (unpaired) electrons. The third-order valence-electron chi connectivity index (χ3n) is 5.57. The Bertz CT molecular complexity index is 1640. The third kappa shape index (κ3) is 6.82. The molecule has 10 heteroatoms. The van der Waals surface area contributed by atoms with Crippen LogP contribution in [0.5, 0.6) is 5.75 Å². The highest BCUT2D eigenvalue weighted by Crippen LogP contribution is 2.27. The first-order valence-electron chi connectivity index (χ1n) is 12.2. The predicted octanol–water partition coefficient (Wildman–Crippen LogP) is 6.05. The number of nitrogens with one attached hydrogen (secondary N) is 1. The van der Waals surface area contributed by atoms with Crippen LogP contribution in [-0.2, 0) is 4.79 Å². The van der Waals surface area contributed by atoms with Crippen molar-refractivity contribution in [2.75, 3.05) is 5.75 Å². The Kier molecular flexibility index (Phi) is 8.65. The van der Waals surface area contributed by atoms with Crippen LogP contribution in [0.1, 0.15) is 15.9 Å². The van der Waals surface area contributed by atoms with Gasteiger partial charge in [0.1, 0.15) is 5.75 Å². The second-order valence-corrected chi connectivity index (χ2v) is 9.77. The largest absolute Gasteiger partial charge is 0.423 e. The lowest BCUT2D eigenvalue weighted by atomic mass is 10.2. The van der Waals surface area contributed by atoms with Crippen LogP contribution in [0.25, 0.3) is 17.1 Å². The van der Waals surface area contributed by atoms with Crippen molar-refractivity contribution in [2.24, 2.45) is 5.10 Å². The van der Waals surface area contributed by atoms with Crippen LogP contribution in [-0.4, -0.2) is 38.6 Å². The number of esters is 1. The lowest BCUT2D eigenvalue weighted by Gasteiger charge is -2.10. The van der Waals surface area contributed by atoms with Crippen molar-refractivity contribution in [3.8, 4) is 22.8 Å². The number of halogens is 1. The van der Waals surface area contributed by atoms with Crippen molar-refractivity contribution in [3.05, 3.63) is 125 Å². The van der Waals surface area contributed by atoms with Crippen LogP contribution in [0.4, 0.5) is 0 Å². The van der Waals surface area contributed by atoms with Gasteiger partial charge in [0.2, 0.25) is 0 Å². The summed E-state index contributed by atoms with van der Waals surface area (Å²) in [7, 11) is 0. The molecule has 4 aromatic carbocycles. The number of amides is 1. The zero-order valence-corrected chi connectivity index (χ0v) is 22.5. The van der Waals surface area contributed by atoms with E-state index in [0.717, 1.165) is 11.3 Å². The summed E-state index contributed by atoms with van der Waals surface area (Å²) in [5.74, 6) is 0.356. The highest BCUT2D eigenvalue weighted by molar-refractivity contribution is 7.99. The second kappa shape index (κ2) is 12.9. The standard InChI is InChI=1S/C30H22ClN5O3S/c31-24-11-7-10-23(18-24)29(38)39-26-16-14-21(15-17-26)19-32-33-27(37)20-40-30-35-34-28(22-8-3-1-4-9-22)36(30)25-12-5-2-6-13-25/h1-19H,20H2,(H,33,37)/b32-19-. The van der Waals surface area contributed by atoms with Gasteiger partial charge in [0.15, 0.2) is 11.0 Å². The van der Waals surface area contributed by atoms with Gasteiger partial charge in [0, 0.05) is 16.3 Å². The van der Waals surface area contributed by atoms with E-state index in [4.69, 9.17) is 16.3 Å².